The zero-order chi connectivity index (χ0) is 17.2. The minimum absolute atomic E-state index is 0.118. The Morgan fingerprint density at radius 1 is 1.17 bits per heavy atom. The fraction of sp³-hybridized carbons (Fsp3) is 0.579. The second kappa shape index (κ2) is 6.55. The zero-order valence-electron chi connectivity index (χ0n) is 14.2. The summed E-state index contributed by atoms with van der Waals surface area (Å²) in [5.74, 6) is -0.748. The van der Waals surface area contributed by atoms with Gasteiger partial charge in [0.2, 0.25) is 5.91 Å². The van der Waals surface area contributed by atoms with Crippen LogP contribution >= 0.6 is 0 Å². The monoisotopic (exact) mass is 331 g/mol. The largest absolute Gasteiger partial charge is 0.481 e. The summed E-state index contributed by atoms with van der Waals surface area (Å²) >= 11 is 0. The molecule has 1 aliphatic heterocycles. The molecule has 1 saturated carbocycles. The average Bonchev–Trinajstić information content (AvgIpc) is 3.36. The summed E-state index contributed by atoms with van der Waals surface area (Å²) in [6.07, 6.45) is 3.80. The number of aliphatic carboxylic acids is 1. The van der Waals surface area contributed by atoms with Crippen LogP contribution in [-0.2, 0) is 20.7 Å². The Hall–Kier alpha value is -1.88. The molecule has 24 heavy (non-hydrogen) atoms. The molecule has 2 fully saturated rings. The smallest absolute Gasteiger partial charge is 0.313 e. The van der Waals surface area contributed by atoms with Crippen molar-refractivity contribution in [1.82, 2.24) is 4.90 Å². The molecule has 1 aromatic carbocycles. The lowest BCUT2D eigenvalue weighted by molar-refractivity contribution is -0.160. The van der Waals surface area contributed by atoms with E-state index in [4.69, 9.17) is 4.74 Å². The van der Waals surface area contributed by atoms with Crippen molar-refractivity contribution in [1.29, 1.82) is 0 Å². The molecule has 1 amide bonds. The van der Waals surface area contributed by atoms with Crippen molar-refractivity contribution < 1.29 is 19.4 Å². The molecule has 5 nitrogen and oxygen atoms in total. The van der Waals surface area contributed by atoms with E-state index in [0.29, 0.717) is 19.4 Å². The third kappa shape index (κ3) is 3.18. The minimum atomic E-state index is -0.967. The van der Waals surface area contributed by atoms with Crippen molar-refractivity contribution in [3.8, 4) is 0 Å². The molecule has 0 spiro atoms. The van der Waals surface area contributed by atoms with E-state index < -0.39 is 11.4 Å². The Balaban J connectivity index is 1.73. The second-order valence-electron chi connectivity index (χ2n) is 7.29. The molecular formula is C19H25NO4. The summed E-state index contributed by atoms with van der Waals surface area (Å²) in [6, 6.07) is 10.1. The van der Waals surface area contributed by atoms with Crippen molar-refractivity contribution in [2.45, 2.75) is 32.1 Å². The lowest BCUT2D eigenvalue weighted by Crippen LogP contribution is -2.53. The van der Waals surface area contributed by atoms with E-state index in [1.165, 1.54) is 12.7 Å². The highest BCUT2D eigenvalue weighted by atomic mass is 16.5. The fourth-order valence-corrected chi connectivity index (χ4v) is 3.87. The van der Waals surface area contributed by atoms with Crippen LogP contribution in [0.4, 0.5) is 0 Å². The van der Waals surface area contributed by atoms with Crippen LogP contribution in [0.1, 0.15) is 31.2 Å². The van der Waals surface area contributed by atoms with Crippen LogP contribution in [0.15, 0.2) is 30.3 Å². The molecule has 0 radical (unpaired) electrons. The maximum atomic E-state index is 13.1. The van der Waals surface area contributed by atoms with Crippen molar-refractivity contribution in [3.63, 3.8) is 0 Å². The summed E-state index contributed by atoms with van der Waals surface area (Å²) < 4.78 is 5.15. The molecule has 1 heterocycles. The van der Waals surface area contributed by atoms with Crippen LogP contribution in [0.5, 0.6) is 0 Å². The van der Waals surface area contributed by atoms with Crippen LogP contribution in [0.25, 0.3) is 0 Å². The van der Waals surface area contributed by atoms with Gasteiger partial charge in [-0.15, -0.1) is 0 Å². The van der Waals surface area contributed by atoms with Gasteiger partial charge in [0.05, 0.1) is 12.0 Å². The number of ether oxygens (including phenoxy) is 1. The van der Waals surface area contributed by atoms with Crippen LogP contribution < -0.4 is 0 Å². The number of carboxylic acid groups (broad SMARTS) is 1. The molecule has 1 unspecified atom stereocenters. The number of carbonyl (C=O) groups is 2. The molecule has 1 saturated heterocycles. The maximum Gasteiger partial charge on any atom is 0.313 e. The number of piperidine rings is 1. The predicted octanol–water partition coefficient (Wildman–Crippen LogP) is 2.35. The first kappa shape index (κ1) is 17.0. The number of hydrogen-bond acceptors (Lipinski definition) is 3. The van der Waals surface area contributed by atoms with Crippen LogP contribution in [-0.4, -0.2) is 48.7 Å². The molecule has 2 aliphatic rings. The normalized spacial score (nSPS) is 25.3. The van der Waals surface area contributed by atoms with Gasteiger partial charge in [0.15, 0.2) is 0 Å². The number of hydrogen-bond donors (Lipinski definition) is 1. The molecule has 1 aliphatic carbocycles. The van der Waals surface area contributed by atoms with Gasteiger partial charge in [-0.1, -0.05) is 30.3 Å². The summed E-state index contributed by atoms with van der Waals surface area (Å²) in [4.78, 5) is 26.6. The Labute approximate surface area is 142 Å². The van der Waals surface area contributed by atoms with Gasteiger partial charge in [0.25, 0.3) is 0 Å². The summed E-state index contributed by atoms with van der Waals surface area (Å²) in [6.45, 7) is 1.05. The SMILES string of the molecule is COCC1(C(=O)O)CCCN(C(=O)C2(Cc3ccccc3)CC2)C1. The van der Waals surface area contributed by atoms with Gasteiger partial charge < -0.3 is 14.7 Å². The van der Waals surface area contributed by atoms with E-state index in [0.717, 1.165) is 19.3 Å². The lowest BCUT2D eigenvalue weighted by Gasteiger charge is -2.40. The molecule has 1 atom stereocenters. The van der Waals surface area contributed by atoms with E-state index in [-0.39, 0.29) is 24.5 Å². The molecule has 130 valence electrons. The topological polar surface area (TPSA) is 66.8 Å². The minimum Gasteiger partial charge on any atom is -0.481 e. The van der Waals surface area contributed by atoms with E-state index in [9.17, 15) is 14.7 Å². The Bertz CT molecular complexity index is 607. The first-order valence-electron chi connectivity index (χ1n) is 8.57. The number of rotatable bonds is 6. The second-order valence-corrected chi connectivity index (χ2v) is 7.29. The molecule has 0 bridgehead atoms. The number of likely N-dealkylation sites (tertiary alicyclic amines) is 1. The highest BCUT2D eigenvalue weighted by molar-refractivity contribution is 5.87. The van der Waals surface area contributed by atoms with Crippen LogP contribution in [0, 0.1) is 10.8 Å². The third-order valence-electron chi connectivity index (χ3n) is 5.43. The van der Waals surface area contributed by atoms with Crippen LogP contribution in [0.2, 0.25) is 0 Å². The summed E-state index contributed by atoms with van der Waals surface area (Å²) in [5.41, 5.74) is -0.122. The molecule has 1 N–H and O–H groups in total. The maximum absolute atomic E-state index is 13.1. The summed E-state index contributed by atoms with van der Waals surface area (Å²) in [5, 5.41) is 9.66. The highest BCUT2D eigenvalue weighted by Crippen LogP contribution is 2.50. The van der Waals surface area contributed by atoms with Gasteiger partial charge in [-0.05, 0) is 37.7 Å². The highest BCUT2D eigenvalue weighted by Gasteiger charge is 2.54. The number of benzene rings is 1. The molecular weight excluding hydrogens is 306 g/mol. The number of methoxy groups -OCH3 is 1. The van der Waals surface area contributed by atoms with Crippen molar-refractivity contribution in [3.05, 3.63) is 35.9 Å². The van der Waals surface area contributed by atoms with E-state index in [2.05, 4.69) is 12.1 Å². The molecule has 5 heteroatoms. The van der Waals surface area contributed by atoms with E-state index in [1.54, 1.807) is 4.90 Å². The summed E-state index contributed by atoms with van der Waals surface area (Å²) in [7, 11) is 1.52. The van der Waals surface area contributed by atoms with E-state index in [1.807, 2.05) is 18.2 Å². The zero-order valence-corrected chi connectivity index (χ0v) is 14.2. The van der Waals surface area contributed by atoms with Gasteiger partial charge >= 0.3 is 5.97 Å². The van der Waals surface area contributed by atoms with Gasteiger partial charge in [0, 0.05) is 20.2 Å². The van der Waals surface area contributed by atoms with E-state index >= 15 is 0 Å². The van der Waals surface area contributed by atoms with Gasteiger partial charge in [-0.25, -0.2) is 0 Å². The van der Waals surface area contributed by atoms with Crippen molar-refractivity contribution >= 4 is 11.9 Å². The van der Waals surface area contributed by atoms with Crippen LogP contribution in [0.3, 0.4) is 0 Å². The third-order valence-corrected chi connectivity index (χ3v) is 5.43. The molecule has 3 rings (SSSR count). The van der Waals surface area contributed by atoms with Gasteiger partial charge in [-0.2, -0.15) is 0 Å². The Morgan fingerprint density at radius 3 is 2.46 bits per heavy atom. The first-order chi connectivity index (χ1) is 11.5. The lowest BCUT2D eigenvalue weighted by atomic mass is 9.80. The van der Waals surface area contributed by atoms with Gasteiger partial charge in [-0.3, -0.25) is 9.59 Å². The van der Waals surface area contributed by atoms with Crippen molar-refractivity contribution in [2.24, 2.45) is 10.8 Å². The van der Waals surface area contributed by atoms with Gasteiger partial charge in [0.1, 0.15) is 5.41 Å². The number of amides is 1. The number of carbonyl (C=O) groups excluding carboxylic acids is 1. The number of nitrogens with zero attached hydrogens (tertiary/aromatic N) is 1. The first-order valence-corrected chi connectivity index (χ1v) is 8.57. The molecule has 0 aromatic heterocycles. The van der Waals surface area contributed by atoms with Crippen molar-refractivity contribution in [2.75, 3.05) is 26.8 Å². The Morgan fingerprint density at radius 2 is 1.88 bits per heavy atom. The Kier molecular flexibility index (Phi) is 4.63. The predicted molar refractivity (Wildman–Crippen MR) is 89.6 cm³/mol. The molecule has 1 aromatic rings. The number of carboxylic acids is 1. The fourth-order valence-electron chi connectivity index (χ4n) is 3.87. The average molecular weight is 331 g/mol. The quantitative estimate of drug-likeness (QED) is 0.869. The standard InChI is InChI=1S/C19H25NO4/c1-24-14-19(17(22)23)8-5-11-20(13-19)16(21)18(9-10-18)12-15-6-3-2-4-7-15/h2-4,6-7H,5,8-14H2,1H3,(H,22,23).